The second-order valence-electron chi connectivity index (χ2n) is 3.69. The van der Waals surface area contributed by atoms with Gasteiger partial charge < -0.3 is 4.74 Å². The van der Waals surface area contributed by atoms with Crippen molar-refractivity contribution < 1.29 is 4.74 Å². The van der Waals surface area contributed by atoms with Gasteiger partial charge in [-0.2, -0.15) is 0 Å². The minimum absolute atomic E-state index is 0.00194. The fourth-order valence-electron chi connectivity index (χ4n) is 1.93. The molecule has 3 rings (SSSR count). The van der Waals surface area contributed by atoms with Crippen molar-refractivity contribution in [2.24, 2.45) is 0 Å². The fourth-order valence-corrected chi connectivity index (χ4v) is 1.93. The number of aromatic nitrogens is 1. The van der Waals surface area contributed by atoms with Gasteiger partial charge in [-0.1, -0.05) is 24.3 Å². The van der Waals surface area contributed by atoms with Crippen LogP contribution >= 0.6 is 0 Å². The van der Waals surface area contributed by atoms with Gasteiger partial charge >= 0.3 is 0 Å². The molecule has 1 aliphatic rings. The molecule has 0 fully saturated rings. The molecule has 1 aromatic carbocycles. The van der Waals surface area contributed by atoms with Gasteiger partial charge in [0.1, 0.15) is 6.10 Å². The molecule has 2 heterocycles. The Morgan fingerprint density at radius 1 is 1.06 bits per heavy atom. The summed E-state index contributed by atoms with van der Waals surface area (Å²) in [6, 6.07) is 10.1. The molecule has 0 saturated carbocycles. The van der Waals surface area contributed by atoms with E-state index in [0.717, 1.165) is 16.5 Å². The number of fused-ring (bicyclic) bond motifs is 1. The van der Waals surface area contributed by atoms with Gasteiger partial charge in [0, 0.05) is 17.1 Å². The Bertz CT molecular complexity index is 566. The molecule has 0 aliphatic carbocycles. The van der Waals surface area contributed by atoms with E-state index in [0.29, 0.717) is 0 Å². The minimum atomic E-state index is -0.00194. The molecular formula is C14H11NO. The molecule has 1 aliphatic heterocycles. The summed E-state index contributed by atoms with van der Waals surface area (Å²) in [5, 5.41) is 1.15. The molecule has 16 heavy (non-hydrogen) atoms. The lowest BCUT2D eigenvalue weighted by molar-refractivity contribution is 0.187. The number of para-hydroxylation sites is 1. The Balaban J connectivity index is 2.16. The Morgan fingerprint density at radius 3 is 2.88 bits per heavy atom. The number of rotatable bonds is 1. The highest BCUT2D eigenvalue weighted by molar-refractivity contribution is 5.82. The lowest BCUT2D eigenvalue weighted by Gasteiger charge is -2.16. The van der Waals surface area contributed by atoms with Crippen LogP contribution in [0.25, 0.3) is 10.9 Å². The lowest BCUT2D eigenvalue weighted by Crippen LogP contribution is -2.00. The summed E-state index contributed by atoms with van der Waals surface area (Å²) in [6.07, 6.45) is 9.48. The van der Waals surface area contributed by atoms with Crippen LogP contribution in [0.15, 0.2) is 61.0 Å². The van der Waals surface area contributed by atoms with Gasteiger partial charge in [-0.25, -0.2) is 0 Å². The van der Waals surface area contributed by atoms with E-state index in [-0.39, 0.29) is 6.10 Å². The first kappa shape index (κ1) is 9.16. The standard InChI is InChI=1S/C14H11NO/c1-2-6-13-11(5-1)12(8-9-15-13)14-7-3-4-10-16-14/h1-10,14H. The van der Waals surface area contributed by atoms with Crippen LogP contribution in [0.5, 0.6) is 0 Å². The van der Waals surface area contributed by atoms with Crippen molar-refractivity contribution in [3.8, 4) is 0 Å². The van der Waals surface area contributed by atoms with E-state index >= 15 is 0 Å². The maximum Gasteiger partial charge on any atom is 0.142 e. The van der Waals surface area contributed by atoms with Gasteiger partial charge in [0.05, 0.1) is 11.8 Å². The van der Waals surface area contributed by atoms with Crippen molar-refractivity contribution in [3.63, 3.8) is 0 Å². The first-order valence-electron chi connectivity index (χ1n) is 5.27. The molecule has 2 nitrogen and oxygen atoms in total. The number of benzene rings is 1. The third kappa shape index (κ3) is 1.48. The molecule has 1 aromatic heterocycles. The predicted molar refractivity (Wildman–Crippen MR) is 63.8 cm³/mol. The van der Waals surface area contributed by atoms with Crippen molar-refractivity contribution in [3.05, 3.63) is 66.6 Å². The number of allylic oxidation sites excluding steroid dienone is 2. The molecular weight excluding hydrogens is 198 g/mol. The van der Waals surface area contributed by atoms with Gasteiger partial charge in [-0.15, -0.1) is 0 Å². The molecule has 0 N–H and O–H groups in total. The van der Waals surface area contributed by atoms with E-state index in [1.54, 1.807) is 6.26 Å². The fraction of sp³-hybridized carbons (Fsp3) is 0.0714. The molecule has 1 unspecified atom stereocenters. The van der Waals surface area contributed by atoms with Crippen LogP contribution in [0, 0.1) is 0 Å². The van der Waals surface area contributed by atoms with E-state index in [2.05, 4.69) is 11.1 Å². The quantitative estimate of drug-likeness (QED) is 0.718. The summed E-state index contributed by atoms with van der Waals surface area (Å²) in [5.41, 5.74) is 2.16. The molecule has 0 amide bonds. The molecule has 0 spiro atoms. The maximum atomic E-state index is 5.58. The highest BCUT2D eigenvalue weighted by atomic mass is 16.5. The molecule has 0 radical (unpaired) electrons. The summed E-state index contributed by atoms with van der Waals surface area (Å²) in [7, 11) is 0. The SMILES string of the molecule is C1=COC(c2ccnc3ccccc23)C=C1. The molecule has 2 aromatic rings. The Morgan fingerprint density at radius 2 is 2.00 bits per heavy atom. The molecule has 0 bridgehead atoms. The van der Waals surface area contributed by atoms with Crippen LogP contribution in [0.4, 0.5) is 0 Å². The second kappa shape index (κ2) is 3.81. The van der Waals surface area contributed by atoms with Crippen molar-refractivity contribution in [2.45, 2.75) is 6.10 Å². The van der Waals surface area contributed by atoms with E-state index in [9.17, 15) is 0 Å². The van der Waals surface area contributed by atoms with E-state index in [4.69, 9.17) is 4.74 Å². The molecule has 0 saturated heterocycles. The van der Waals surface area contributed by atoms with Gasteiger partial charge in [-0.3, -0.25) is 4.98 Å². The smallest absolute Gasteiger partial charge is 0.142 e. The third-order valence-corrected chi connectivity index (χ3v) is 2.69. The van der Waals surface area contributed by atoms with Crippen LogP contribution in [0.1, 0.15) is 11.7 Å². The second-order valence-corrected chi connectivity index (χ2v) is 3.69. The topological polar surface area (TPSA) is 22.1 Å². The van der Waals surface area contributed by atoms with Crippen LogP contribution < -0.4 is 0 Å². The van der Waals surface area contributed by atoms with Gasteiger partial charge in [0.25, 0.3) is 0 Å². The lowest BCUT2D eigenvalue weighted by atomic mass is 10.0. The number of nitrogens with zero attached hydrogens (tertiary/aromatic N) is 1. The maximum absolute atomic E-state index is 5.58. The van der Waals surface area contributed by atoms with E-state index in [1.807, 2.05) is 48.7 Å². The Kier molecular flexibility index (Phi) is 2.18. The van der Waals surface area contributed by atoms with Gasteiger partial charge in [-0.05, 0) is 24.3 Å². The number of hydrogen-bond acceptors (Lipinski definition) is 2. The summed E-state index contributed by atoms with van der Waals surface area (Å²) >= 11 is 0. The summed E-state index contributed by atoms with van der Waals surface area (Å²) < 4.78 is 5.58. The number of pyridine rings is 1. The van der Waals surface area contributed by atoms with Crippen molar-refractivity contribution in [1.82, 2.24) is 4.98 Å². The minimum Gasteiger partial charge on any atom is -0.489 e. The monoisotopic (exact) mass is 209 g/mol. The normalized spacial score (nSPS) is 18.6. The molecule has 1 atom stereocenters. The van der Waals surface area contributed by atoms with Crippen LogP contribution in [-0.4, -0.2) is 4.98 Å². The highest BCUT2D eigenvalue weighted by Crippen LogP contribution is 2.27. The van der Waals surface area contributed by atoms with E-state index in [1.165, 1.54) is 0 Å². The van der Waals surface area contributed by atoms with Gasteiger partial charge in [0.2, 0.25) is 0 Å². The van der Waals surface area contributed by atoms with Crippen LogP contribution in [0.2, 0.25) is 0 Å². The first-order chi connectivity index (χ1) is 7.95. The average Bonchev–Trinajstić information content (AvgIpc) is 2.39. The van der Waals surface area contributed by atoms with Crippen molar-refractivity contribution >= 4 is 10.9 Å². The first-order valence-corrected chi connectivity index (χ1v) is 5.27. The third-order valence-electron chi connectivity index (χ3n) is 2.69. The Labute approximate surface area is 93.9 Å². The number of hydrogen-bond donors (Lipinski definition) is 0. The summed E-state index contributed by atoms with van der Waals surface area (Å²) in [4.78, 5) is 4.34. The number of ether oxygens (including phenoxy) is 1. The van der Waals surface area contributed by atoms with Crippen LogP contribution in [0.3, 0.4) is 0 Å². The molecule has 2 heteroatoms. The van der Waals surface area contributed by atoms with Crippen molar-refractivity contribution in [1.29, 1.82) is 0 Å². The largest absolute Gasteiger partial charge is 0.489 e. The summed E-state index contributed by atoms with van der Waals surface area (Å²) in [6.45, 7) is 0. The zero-order valence-corrected chi connectivity index (χ0v) is 8.71. The highest BCUT2D eigenvalue weighted by Gasteiger charge is 2.12. The predicted octanol–water partition coefficient (Wildman–Crippen LogP) is 3.38. The summed E-state index contributed by atoms with van der Waals surface area (Å²) in [5.74, 6) is 0. The molecule has 78 valence electrons. The average molecular weight is 209 g/mol. The van der Waals surface area contributed by atoms with Crippen molar-refractivity contribution in [2.75, 3.05) is 0 Å². The Hall–Kier alpha value is -2.09. The zero-order chi connectivity index (χ0) is 10.8. The zero-order valence-electron chi connectivity index (χ0n) is 8.71. The van der Waals surface area contributed by atoms with Gasteiger partial charge in [0.15, 0.2) is 0 Å². The van der Waals surface area contributed by atoms with E-state index < -0.39 is 0 Å². The van der Waals surface area contributed by atoms with Crippen LogP contribution in [-0.2, 0) is 4.74 Å².